The number of rotatable bonds is 8. The molecule has 11 heteroatoms. The zero-order chi connectivity index (χ0) is 32.7. The van der Waals surface area contributed by atoms with Crippen molar-refractivity contribution in [3.63, 3.8) is 0 Å². The van der Waals surface area contributed by atoms with E-state index in [4.69, 9.17) is 9.72 Å². The number of hydrogen-bond acceptors (Lipinski definition) is 7. The highest BCUT2D eigenvalue weighted by Gasteiger charge is 2.30. The monoisotopic (exact) mass is 622 g/mol. The molecule has 2 unspecified atom stereocenters. The van der Waals surface area contributed by atoms with Crippen LogP contribution in [-0.2, 0) is 25.3 Å². The molecule has 11 nitrogen and oxygen atoms in total. The van der Waals surface area contributed by atoms with Crippen LogP contribution in [-0.4, -0.2) is 45.6 Å². The van der Waals surface area contributed by atoms with E-state index in [9.17, 15) is 19.2 Å². The highest BCUT2D eigenvalue weighted by Crippen LogP contribution is 2.41. The van der Waals surface area contributed by atoms with Crippen molar-refractivity contribution in [1.82, 2.24) is 24.8 Å². The Hall–Kier alpha value is -5.03. The minimum atomic E-state index is -0.653. The third kappa shape index (κ3) is 5.62. The highest BCUT2D eigenvalue weighted by molar-refractivity contribution is 6.04. The van der Waals surface area contributed by atoms with Crippen molar-refractivity contribution >= 4 is 17.5 Å². The molecule has 1 aliphatic carbocycles. The lowest BCUT2D eigenvalue weighted by Gasteiger charge is -2.20. The van der Waals surface area contributed by atoms with Crippen LogP contribution in [0.5, 0.6) is 5.88 Å². The molecule has 3 heterocycles. The molecule has 0 saturated carbocycles. The van der Waals surface area contributed by atoms with E-state index >= 15 is 0 Å². The van der Waals surface area contributed by atoms with Gasteiger partial charge in [-0.05, 0) is 73.1 Å². The minimum Gasteiger partial charge on any atom is -0.481 e. The van der Waals surface area contributed by atoms with E-state index in [-0.39, 0.29) is 23.6 Å². The Labute approximate surface area is 266 Å². The number of aromatic nitrogens is 3. The van der Waals surface area contributed by atoms with Gasteiger partial charge in [0.25, 0.3) is 11.5 Å². The van der Waals surface area contributed by atoms with Crippen LogP contribution in [0.3, 0.4) is 0 Å². The molecule has 1 saturated heterocycles. The molecule has 2 amide bonds. The van der Waals surface area contributed by atoms with Crippen LogP contribution in [0.25, 0.3) is 22.4 Å². The Balaban J connectivity index is 1.29. The molecule has 3 N–H and O–H groups in total. The lowest BCUT2D eigenvalue weighted by molar-refractivity contribution is -0.119. The van der Waals surface area contributed by atoms with E-state index in [1.54, 1.807) is 13.2 Å². The van der Waals surface area contributed by atoms with Crippen LogP contribution < -0.4 is 31.9 Å². The number of fused-ring (bicyclic) bond motifs is 1. The summed E-state index contributed by atoms with van der Waals surface area (Å²) < 4.78 is 7.96. The second-order valence-electron chi connectivity index (χ2n) is 12.1. The topological polar surface area (TPSA) is 136 Å². The number of hydrogen-bond donors (Lipinski definition) is 3. The first-order valence-electron chi connectivity index (χ1n) is 15.5. The minimum absolute atomic E-state index is 0.109. The summed E-state index contributed by atoms with van der Waals surface area (Å²) in [5.41, 5.74) is 7.16. The SMILES string of the molecule is COc1nc(-c2cccc(-c3cccc(NC(=O)c4cn(C)c(=O)n(C)c4=O)c3C)c2C)cc2c1C(NCC1CCC(=O)N1)CC2. The van der Waals surface area contributed by atoms with Crippen LogP contribution in [0.2, 0.25) is 0 Å². The number of amides is 2. The first-order chi connectivity index (χ1) is 22.1. The van der Waals surface area contributed by atoms with Crippen LogP contribution in [0.15, 0.2) is 58.3 Å². The number of methoxy groups -OCH3 is 1. The van der Waals surface area contributed by atoms with Gasteiger partial charge in [-0.3, -0.25) is 19.0 Å². The number of aryl methyl sites for hydroxylation is 2. The molecule has 1 fully saturated rings. The summed E-state index contributed by atoms with van der Waals surface area (Å²) in [6.07, 6.45) is 4.52. The van der Waals surface area contributed by atoms with Crippen molar-refractivity contribution in [2.24, 2.45) is 14.1 Å². The Morgan fingerprint density at radius 1 is 1.00 bits per heavy atom. The van der Waals surface area contributed by atoms with E-state index in [1.165, 1.54) is 30.4 Å². The number of carbonyl (C=O) groups excluding carboxylic acids is 2. The predicted octanol–water partition coefficient (Wildman–Crippen LogP) is 3.55. The fourth-order valence-electron chi connectivity index (χ4n) is 6.64. The van der Waals surface area contributed by atoms with Gasteiger partial charge in [-0.1, -0.05) is 30.3 Å². The van der Waals surface area contributed by atoms with Crippen LogP contribution in [0.1, 0.15) is 57.9 Å². The van der Waals surface area contributed by atoms with Crippen molar-refractivity contribution < 1.29 is 14.3 Å². The maximum Gasteiger partial charge on any atom is 0.330 e. The first kappa shape index (κ1) is 31.0. The van der Waals surface area contributed by atoms with E-state index in [1.807, 2.05) is 31.2 Å². The van der Waals surface area contributed by atoms with Gasteiger partial charge < -0.3 is 25.3 Å². The zero-order valence-corrected chi connectivity index (χ0v) is 26.7. The molecular formula is C35H38N6O5. The summed E-state index contributed by atoms with van der Waals surface area (Å²) in [6, 6.07) is 14.2. The number of nitrogens with one attached hydrogen (secondary N) is 3. The number of benzene rings is 2. The third-order valence-electron chi connectivity index (χ3n) is 9.22. The summed E-state index contributed by atoms with van der Waals surface area (Å²) in [5, 5.41) is 9.52. The molecular weight excluding hydrogens is 584 g/mol. The van der Waals surface area contributed by atoms with Crippen LogP contribution in [0.4, 0.5) is 5.69 Å². The molecule has 4 aromatic rings. The van der Waals surface area contributed by atoms with Gasteiger partial charge in [0.05, 0.1) is 12.8 Å². The molecule has 2 aromatic heterocycles. The smallest absolute Gasteiger partial charge is 0.330 e. The van der Waals surface area contributed by atoms with Crippen LogP contribution >= 0.6 is 0 Å². The van der Waals surface area contributed by atoms with Gasteiger partial charge in [0, 0.05) is 62.2 Å². The van der Waals surface area contributed by atoms with Crippen molar-refractivity contribution in [2.75, 3.05) is 19.0 Å². The molecule has 0 spiro atoms. The maximum absolute atomic E-state index is 13.2. The predicted molar refractivity (Wildman–Crippen MR) is 176 cm³/mol. The number of nitrogens with zero attached hydrogens (tertiary/aromatic N) is 3. The van der Waals surface area contributed by atoms with E-state index < -0.39 is 17.2 Å². The second kappa shape index (κ2) is 12.4. The van der Waals surface area contributed by atoms with Gasteiger partial charge in [-0.15, -0.1) is 0 Å². The molecule has 2 aliphatic rings. The molecule has 0 radical (unpaired) electrons. The Morgan fingerprint density at radius 3 is 2.43 bits per heavy atom. The average molecular weight is 623 g/mol. The van der Waals surface area contributed by atoms with Gasteiger partial charge >= 0.3 is 5.69 Å². The molecule has 46 heavy (non-hydrogen) atoms. The molecule has 0 bridgehead atoms. The van der Waals surface area contributed by atoms with E-state index in [0.717, 1.165) is 62.9 Å². The maximum atomic E-state index is 13.2. The van der Waals surface area contributed by atoms with Crippen LogP contribution in [0, 0.1) is 13.8 Å². The third-order valence-corrected chi connectivity index (χ3v) is 9.22. The van der Waals surface area contributed by atoms with Crippen molar-refractivity contribution in [2.45, 2.75) is 51.6 Å². The Kier molecular flexibility index (Phi) is 8.35. The van der Waals surface area contributed by atoms with Crippen molar-refractivity contribution in [3.05, 3.63) is 97.3 Å². The van der Waals surface area contributed by atoms with Gasteiger partial charge in [0.2, 0.25) is 11.8 Å². The fourth-order valence-corrected chi connectivity index (χ4v) is 6.64. The summed E-state index contributed by atoms with van der Waals surface area (Å²) >= 11 is 0. The molecule has 6 rings (SSSR count). The normalized spacial score (nSPS) is 17.1. The summed E-state index contributed by atoms with van der Waals surface area (Å²) in [5.74, 6) is 0.130. The molecule has 2 atom stereocenters. The van der Waals surface area contributed by atoms with Gasteiger partial charge in [0.1, 0.15) is 5.56 Å². The average Bonchev–Trinajstić information content (AvgIpc) is 3.66. The Bertz CT molecular complexity index is 1990. The number of anilines is 1. The molecule has 2 aromatic carbocycles. The number of ether oxygens (including phenoxy) is 1. The molecule has 1 aliphatic heterocycles. The van der Waals surface area contributed by atoms with Gasteiger partial charge in [0.15, 0.2) is 0 Å². The van der Waals surface area contributed by atoms with E-state index in [2.05, 4.69) is 35.0 Å². The zero-order valence-electron chi connectivity index (χ0n) is 26.7. The lowest BCUT2D eigenvalue weighted by atomic mass is 9.91. The number of pyridine rings is 1. The Morgan fingerprint density at radius 2 is 1.72 bits per heavy atom. The van der Waals surface area contributed by atoms with Crippen molar-refractivity contribution in [1.29, 1.82) is 0 Å². The highest BCUT2D eigenvalue weighted by atomic mass is 16.5. The molecule has 238 valence electrons. The lowest BCUT2D eigenvalue weighted by Crippen LogP contribution is -2.40. The number of carbonyl (C=O) groups is 2. The quantitative estimate of drug-likeness (QED) is 0.274. The van der Waals surface area contributed by atoms with E-state index in [0.29, 0.717) is 24.5 Å². The standard InChI is InChI=1S/C35H38N6O5/c1-19-23(24-9-7-11-27(20(24)2)38-32(43)26-18-40(3)35(45)41(4)34(26)44)8-6-10-25(19)29-16-21-12-14-28(31(21)33(39-29)46-5)36-17-22-13-15-30(42)37-22/h6-11,16,18,22,28,36H,12-15,17H2,1-5H3,(H,37,42)(H,38,43). The second-order valence-corrected chi connectivity index (χ2v) is 12.1. The largest absolute Gasteiger partial charge is 0.481 e. The first-order valence-corrected chi connectivity index (χ1v) is 15.5. The van der Waals surface area contributed by atoms with Gasteiger partial charge in [-0.2, -0.15) is 0 Å². The summed E-state index contributed by atoms with van der Waals surface area (Å²) in [7, 11) is 4.50. The van der Waals surface area contributed by atoms with Gasteiger partial charge in [-0.25, -0.2) is 9.78 Å². The summed E-state index contributed by atoms with van der Waals surface area (Å²) in [6.45, 7) is 4.70. The van der Waals surface area contributed by atoms with Crippen molar-refractivity contribution in [3.8, 4) is 28.3 Å². The fraction of sp³-hybridized carbons (Fsp3) is 0.343. The summed E-state index contributed by atoms with van der Waals surface area (Å²) in [4.78, 5) is 54.5.